The molecule has 0 radical (unpaired) electrons. The van der Waals surface area contributed by atoms with Crippen molar-refractivity contribution in [1.82, 2.24) is 14.9 Å². The summed E-state index contributed by atoms with van der Waals surface area (Å²) in [5, 5.41) is 13.0. The fourth-order valence-corrected chi connectivity index (χ4v) is 2.94. The van der Waals surface area contributed by atoms with E-state index in [4.69, 9.17) is 0 Å². The van der Waals surface area contributed by atoms with E-state index in [2.05, 4.69) is 44.5 Å². The van der Waals surface area contributed by atoms with E-state index >= 15 is 0 Å². The van der Waals surface area contributed by atoms with E-state index in [0.29, 0.717) is 0 Å². The molecule has 2 N–H and O–H groups in total. The minimum atomic E-state index is -0.121. The van der Waals surface area contributed by atoms with Crippen LogP contribution in [0.1, 0.15) is 29.7 Å². The molecule has 5 heteroatoms. The van der Waals surface area contributed by atoms with Gasteiger partial charge in [0.2, 0.25) is 0 Å². The summed E-state index contributed by atoms with van der Waals surface area (Å²) in [4.78, 5) is 10.8. The number of hydrogen-bond acceptors (Lipinski definition) is 5. The minimum absolute atomic E-state index is 0.121. The third kappa shape index (κ3) is 4.50. The molecule has 122 valence electrons. The smallest absolute Gasteiger partial charge is 0.129 e. The highest BCUT2D eigenvalue weighted by atomic mass is 16.3. The number of rotatable bonds is 5. The van der Waals surface area contributed by atoms with Gasteiger partial charge in [0, 0.05) is 37.9 Å². The van der Waals surface area contributed by atoms with Crippen LogP contribution in [-0.4, -0.2) is 39.2 Å². The van der Waals surface area contributed by atoms with E-state index in [1.807, 2.05) is 13.0 Å². The number of anilines is 1. The van der Waals surface area contributed by atoms with Crippen LogP contribution in [0.3, 0.4) is 0 Å². The van der Waals surface area contributed by atoms with Gasteiger partial charge in [-0.1, -0.05) is 24.3 Å². The van der Waals surface area contributed by atoms with Crippen LogP contribution >= 0.6 is 0 Å². The lowest BCUT2D eigenvalue weighted by Gasteiger charge is -2.30. The monoisotopic (exact) mass is 312 g/mol. The lowest BCUT2D eigenvalue weighted by atomic mass is 10.0. The van der Waals surface area contributed by atoms with Gasteiger partial charge >= 0.3 is 0 Å². The van der Waals surface area contributed by atoms with Crippen LogP contribution in [0.5, 0.6) is 0 Å². The molecule has 1 aromatic heterocycles. The molecule has 0 atom stereocenters. The van der Waals surface area contributed by atoms with Crippen molar-refractivity contribution < 1.29 is 5.11 Å². The lowest BCUT2D eigenvalue weighted by Crippen LogP contribution is -2.35. The summed E-state index contributed by atoms with van der Waals surface area (Å²) in [6.07, 6.45) is 3.22. The second-order valence-corrected chi connectivity index (χ2v) is 6.17. The predicted octanol–water partition coefficient (Wildman–Crippen LogP) is 2.35. The molecular weight excluding hydrogens is 288 g/mol. The number of hydrogen-bond donors (Lipinski definition) is 2. The predicted molar refractivity (Wildman–Crippen MR) is 91.1 cm³/mol. The quantitative estimate of drug-likeness (QED) is 0.887. The van der Waals surface area contributed by atoms with Crippen LogP contribution < -0.4 is 5.32 Å². The Balaban J connectivity index is 1.63. The molecule has 0 unspecified atom stereocenters. The van der Waals surface area contributed by atoms with E-state index in [-0.39, 0.29) is 6.10 Å². The lowest BCUT2D eigenvalue weighted by molar-refractivity contribution is 0.0791. The van der Waals surface area contributed by atoms with Crippen LogP contribution in [0.15, 0.2) is 36.7 Å². The van der Waals surface area contributed by atoms with Crippen molar-refractivity contribution in [3.63, 3.8) is 0 Å². The van der Waals surface area contributed by atoms with Gasteiger partial charge in [0.05, 0.1) is 6.10 Å². The normalized spacial score (nSPS) is 16.4. The maximum Gasteiger partial charge on any atom is 0.129 e. The molecule has 1 aliphatic rings. The van der Waals surface area contributed by atoms with Crippen LogP contribution in [0, 0.1) is 6.92 Å². The van der Waals surface area contributed by atoms with Crippen molar-refractivity contribution in [2.75, 3.05) is 18.4 Å². The number of aliphatic hydroxyl groups excluding tert-OH is 1. The van der Waals surface area contributed by atoms with Crippen LogP contribution in [-0.2, 0) is 13.1 Å². The molecule has 1 fully saturated rings. The first-order chi connectivity index (χ1) is 11.2. The number of aliphatic hydroxyl groups is 1. The van der Waals surface area contributed by atoms with Gasteiger partial charge in [-0.25, -0.2) is 9.97 Å². The van der Waals surface area contributed by atoms with Crippen molar-refractivity contribution in [1.29, 1.82) is 0 Å². The largest absolute Gasteiger partial charge is 0.393 e. The number of piperidine rings is 1. The summed E-state index contributed by atoms with van der Waals surface area (Å²) in [5.74, 6) is 0.855. The second kappa shape index (κ2) is 7.53. The zero-order valence-corrected chi connectivity index (χ0v) is 13.6. The third-order valence-corrected chi connectivity index (χ3v) is 4.33. The summed E-state index contributed by atoms with van der Waals surface area (Å²) in [5.41, 5.74) is 3.58. The molecule has 0 aliphatic carbocycles. The van der Waals surface area contributed by atoms with Crippen molar-refractivity contribution >= 4 is 5.82 Å². The Morgan fingerprint density at radius 1 is 1.17 bits per heavy atom. The van der Waals surface area contributed by atoms with E-state index < -0.39 is 0 Å². The van der Waals surface area contributed by atoms with Crippen LogP contribution in [0.25, 0.3) is 0 Å². The molecule has 1 saturated heterocycles. The van der Waals surface area contributed by atoms with E-state index in [1.54, 1.807) is 6.33 Å². The molecule has 0 saturated carbocycles. The van der Waals surface area contributed by atoms with Crippen molar-refractivity contribution in [3.8, 4) is 0 Å². The second-order valence-electron chi connectivity index (χ2n) is 6.17. The summed E-state index contributed by atoms with van der Waals surface area (Å²) < 4.78 is 0. The number of aryl methyl sites for hydroxylation is 1. The number of aromatic nitrogens is 2. The van der Waals surface area contributed by atoms with Gasteiger partial charge in [0.15, 0.2) is 0 Å². The van der Waals surface area contributed by atoms with Crippen LogP contribution in [0.4, 0.5) is 5.82 Å². The molecule has 1 aliphatic heterocycles. The van der Waals surface area contributed by atoms with Gasteiger partial charge in [-0.15, -0.1) is 0 Å². The first-order valence-corrected chi connectivity index (χ1v) is 8.20. The van der Waals surface area contributed by atoms with Gasteiger partial charge in [-0.2, -0.15) is 0 Å². The summed E-state index contributed by atoms with van der Waals surface area (Å²) in [6, 6.07) is 10.5. The van der Waals surface area contributed by atoms with E-state index in [0.717, 1.165) is 50.5 Å². The number of likely N-dealkylation sites (tertiary alicyclic amines) is 1. The van der Waals surface area contributed by atoms with Gasteiger partial charge in [-0.05, 0) is 30.9 Å². The molecule has 0 amide bonds. The number of benzene rings is 1. The molecule has 0 spiro atoms. The van der Waals surface area contributed by atoms with E-state index in [9.17, 15) is 5.11 Å². The summed E-state index contributed by atoms with van der Waals surface area (Å²) in [6.45, 7) is 5.59. The average molecular weight is 312 g/mol. The highest BCUT2D eigenvalue weighted by molar-refractivity contribution is 5.37. The van der Waals surface area contributed by atoms with Gasteiger partial charge in [0.1, 0.15) is 12.1 Å². The highest BCUT2D eigenvalue weighted by Gasteiger charge is 2.17. The Bertz CT molecular complexity index is 638. The van der Waals surface area contributed by atoms with Gasteiger partial charge < -0.3 is 10.4 Å². The molecule has 0 bridgehead atoms. The first kappa shape index (κ1) is 15.9. The van der Waals surface area contributed by atoms with Crippen molar-refractivity contribution in [2.24, 2.45) is 0 Å². The Labute approximate surface area is 137 Å². The summed E-state index contributed by atoms with van der Waals surface area (Å²) >= 11 is 0. The van der Waals surface area contributed by atoms with E-state index in [1.165, 1.54) is 11.1 Å². The molecule has 5 nitrogen and oxygen atoms in total. The Kier molecular flexibility index (Phi) is 5.20. The topological polar surface area (TPSA) is 61.3 Å². The highest BCUT2D eigenvalue weighted by Crippen LogP contribution is 2.17. The first-order valence-electron chi connectivity index (χ1n) is 8.20. The summed E-state index contributed by atoms with van der Waals surface area (Å²) in [7, 11) is 0. The number of nitrogens with one attached hydrogen (secondary N) is 1. The zero-order valence-electron chi connectivity index (χ0n) is 13.6. The van der Waals surface area contributed by atoms with Crippen molar-refractivity contribution in [2.45, 2.75) is 39.0 Å². The average Bonchev–Trinajstić information content (AvgIpc) is 2.56. The minimum Gasteiger partial charge on any atom is -0.393 e. The Morgan fingerprint density at radius 2 is 1.91 bits per heavy atom. The maximum absolute atomic E-state index is 9.63. The number of nitrogens with zero attached hydrogens (tertiary/aromatic N) is 3. The Morgan fingerprint density at radius 3 is 2.65 bits per heavy atom. The maximum atomic E-state index is 9.63. The van der Waals surface area contributed by atoms with Gasteiger partial charge in [-0.3, -0.25) is 4.90 Å². The molecule has 1 aromatic carbocycles. The Hall–Kier alpha value is -1.98. The van der Waals surface area contributed by atoms with Gasteiger partial charge in [0.25, 0.3) is 0 Å². The molecular formula is C18H24N4O. The molecule has 2 aromatic rings. The SMILES string of the molecule is Cc1cc(NCc2ccccc2CN2CCC(O)CC2)ncn1. The molecule has 23 heavy (non-hydrogen) atoms. The zero-order chi connectivity index (χ0) is 16.1. The fraction of sp³-hybridized carbons (Fsp3) is 0.444. The molecule has 2 heterocycles. The molecule has 3 rings (SSSR count). The fourth-order valence-electron chi connectivity index (χ4n) is 2.94. The third-order valence-electron chi connectivity index (χ3n) is 4.33. The van der Waals surface area contributed by atoms with Crippen molar-refractivity contribution in [3.05, 3.63) is 53.5 Å². The standard InChI is InChI=1S/C18H24N4O/c1-14-10-18(21-13-20-14)19-11-15-4-2-3-5-16(15)12-22-8-6-17(23)7-9-22/h2-5,10,13,17,23H,6-9,11-12H2,1H3,(H,19,20,21). The van der Waals surface area contributed by atoms with Crippen LogP contribution in [0.2, 0.25) is 0 Å².